The van der Waals surface area contributed by atoms with Gasteiger partial charge in [0.2, 0.25) is 0 Å². The minimum Gasteiger partial charge on any atom is -0.343 e. The van der Waals surface area contributed by atoms with Crippen molar-refractivity contribution in [1.29, 1.82) is 0 Å². The van der Waals surface area contributed by atoms with Crippen LogP contribution in [0.25, 0.3) is 10.9 Å². The Kier molecular flexibility index (Phi) is 6.14. The molecule has 2 aromatic carbocycles. The van der Waals surface area contributed by atoms with Gasteiger partial charge in [-0.05, 0) is 55.9 Å². The summed E-state index contributed by atoms with van der Waals surface area (Å²) >= 11 is 12.6. The summed E-state index contributed by atoms with van der Waals surface area (Å²) in [6.45, 7) is 2.45. The minimum absolute atomic E-state index is 0.691. The quantitative estimate of drug-likeness (QED) is 0.632. The van der Waals surface area contributed by atoms with Crippen LogP contribution in [0.2, 0.25) is 10.0 Å². The molecule has 0 aliphatic carbocycles. The van der Waals surface area contributed by atoms with Crippen molar-refractivity contribution < 1.29 is 0 Å². The zero-order valence-electron chi connectivity index (χ0n) is 14.2. The van der Waals surface area contributed by atoms with Crippen LogP contribution in [0.3, 0.4) is 0 Å². The van der Waals surface area contributed by atoms with E-state index in [1.54, 1.807) is 0 Å². The first-order valence-electron chi connectivity index (χ1n) is 8.36. The van der Waals surface area contributed by atoms with Gasteiger partial charge in [0.15, 0.2) is 0 Å². The molecule has 0 spiro atoms. The van der Waals surface area contributed by atoms with Gasteiger partial charge in [-0.2, -0.15) is 0 Å². The van der Waals surface area contributed by atoms with Gasteiger partial charge in [-0.3, -0.25) is 4.99 Å². The maximum atomic E-state index is 6.32. The number of benzene rings is 2. The van der Waals surface area contributed by atoms with Crippen LogP contribution in [-0.2, 0) is 6.54 Å². The maximum Gasteiger partial charge on any atom is 0.0682 e. The second-order valence-corrected chi connectivity index (χ2v) is 6.76. The Labute approximate surface area is 157 Å². The summed E-state index contributed by atoms with van der Waals surface area (Å²) in [5, 5.41) is 6.73. The summed E-state index contributed by atoms with van der Waals surface area (Å²) in [4.78, 5) is 4.74. The summed E-state index contributed by atoms with van der Waals surface area (Å²) in [5.41, 5.74) is 2.14. The highest BCUT2D eigenvalue weighted by atomic mass is 35.5. The molecule has 0 amide bonds. The average Bonchev–Trinajstić information content (AvgIpc) is 2.62. The lowest BCUT2D eigenvalue weighted by Crippen LogP contribution is -2.13. The first kappa shape index (κ1) is 18.0. The summed E-state index contributed by atoms with van der Waals surface area (Å²) in [7, 11) is 1.96. The number of aromatic nitrogens is 1. The molecule has 0 aliphatic heterocycles. The maximum absolute atomic E-state index is 6.32. The number of fused-ring (bicyclic) bond motifs is 1. The number of halogens is 2. The predicted octanol–water partition coefficient (Wildman–Crippen LogP) is 4.51. The van der Waals surface area contributed by atoms with Crippen molar-refractivity contribution in [3.05, 3.63) is 75.7 Å². The Morgan fingerprint density at radius 1 is 1.08 bits per heavy atom. The first-order chi connectivity index (χ1) is 12.2. The summed E-state index contributed by atoms with van der Waals surface area (Å²) < 4.78 is 2.16. The lowest BCUT2D eigenvalue weighted by molar-refractivity contribution is 0.727. The standard InChI is InChI=1S/C20H21Cl2N3/c1-23-10-4-11-24-19-9-12-25(14-15-5-2-3-6-18(15)22)20-13-16(21)7-8-17(19)20/h2-3,5-9,12-13,23H,4,10-11,14H2,1H3. The lowest BCUT2D eigenvalue weighted by Gasteiger charge is -2.13. The van der Waals surface area contributed by atoms with Gasteiger partial charge >= 0.3 is 0 Å². The summed E-state index contributed by atoms with van der Waals surface area (Å²) in [6, 6.07) is 15.9. The molecule has 1 aromatic heterocycles. The van der Waals surface area contributed by atoms with Crippen molar-refractivity contribution in [3.8, 4) is 0 Å². The molecular weight excluding hydrogens is 353 g/mol. The molecule has 0 saturated carbocycles. The molecule has 130 valence electrons. The Morgan fingerprint density at radius 3 is 2.72 bits per heavy atom. The molecular formula is C20H21Cl2N3. The highest BCUT2D eigenvalue weighted by Gasteiger charge is 2.05. The van der Waals surface area contributed by atoms with Crippen molar-refractivity contribution in [2.24, 2.45) is 4.99 Å². The highest BCUT2D eigenvalue weighted by Crippen LogP contribution is 2.21. The van der Waals surface area contributed by atoms with Crippen molar-refractivity contribution in [1.82, 2.24) is 9.88 Å². The monoisotopic (exact) mass is 373 g/mol. The van der Waals surface area contributed by atoms with Crippen LogP contribution >= 0.6 is 23.2 Å². The summed E-state index contributed by atoms with van der Waals surface area (Å²) in [6.07, 6.45) is 3.07. The zero-order valence-corrected chi connectivity index (χ0v) is 15.7. The normalized spacial score (nSPS) is 12.0. The Balaban J connectivity index is 2.03. The van der Waals surface area contributed by atoms with E-state index in [0.717, 1.165) is 46.4 Å². The van der Waals surface area contributed by atoms with Crippen LogP contribution < -0.4 is 10.7 Å². The second kappa shape index (κ2) is 8.52. The van der Waals surface area contributed by atoms with Gasteiger partial charge in [-0.15, -0.1) is 0 Å². The molecule has 1 N–H and O–H groups in total. The van der Waals surface area contributed by atoms with Crippen LogP contribution in [0.5, 0.6) is 0 Å². The molecule has 5 heteroatoms. The van der Waals surface area contributed by atoms with Gasteiger partial charge in [-0.25, -0.2) is 0 Å². The number of nitrogens with one attached hydrogen (secondary N) is 1. The molecule has 0 bridgehead atoms. The highest BCUT2D eigenvalue weighted by molar-refractivity contribution is 6.31. The van der Waals surface area contributed by atoms with E-state index in [1.807, 2.05) is 49.5 Å². The van der Waals surface area contributed by atoms with Crippen molar-refractivity contribution >= 4 is 34.1 Å². The average molecular weight is 374 g/mol. The van der Waals surface area contributed by atoms with E-state index in [2.05, 4.69) is 22.1 Å². The fraction of sp³-hybridized carbons (Fsp3) is 0.250. The third kappa shape index (κ3) is 4.43. The Hall–Kier alpha value is -1.81. The predicted molar refractivity (Wildman–Crippen MR) is 106 cm³/mol. The number of hydrogen-bond donors (Lipinski definition) is 1. The van der Waals surface area contributed by atoms with Crippen molar-refractivity contribution in [2.45, 2.75) is 13.0 Å². The first-order valence-corrected chi connectivity index (χ1v) is 9.12. The summed E-state index contributed by atoms with van der Waals surface area (Å²) in [5.74, 6) is 0. The Bertz CT molecular complexity index is 932. The van der Waals surface area contributed by atoms with E-state index in [9.17, 15) is 0 Å². The van der Waals surface area contributed by atoms with E-state index < -0.39 is 0 Å². The molecule has 0 radical (unpaired) electrons. The van der Waals surface area contributed by atoms with Crippen LogP contribution in [0.4, 0.5) is 0 Å². The smallest absolute Gasteiger partial charge is 0.0682 e. The van der Waals surface area contributed by atoms with Crippen molar-refractivity contribution in [3.63, 3.8) is 0 Å². The van der Waals surface area contributed by atoms with E-state index in [1.165, 1.54) is 0 Å². The molecule has 0 unspecified atom stereocenters. The fourth-order valence-corrected chi connectivity index (χ4v) is 3.19. The number of hydrogen-bond acceptors (Lipinski definition) is 2. The van der Waals surface area contributed by atoms with Gasteiger partial charge < -0.3 is 9.88 Å². The number of rotatable bonds is 6. The molecule has 3 aromatic rings. The number of pyridine rings is 1. The molecule has 0 atom stereocenters. The third-order valence-electron chi connectivity index (χ3n) is 4.12. The van der Waals surface area contributed by atoms with Crippen LogP contribution in [0.15, 0.2) is 59.7 Å². The van der Waals surface area contributed by atoms with Gasteiger partial charge in [0.05, 0.1) is 10.9 Å². The largest absolute Gasteiger partial charge is 0.343 e. The van der Waals surface area contributed by atoms with E-state index in [0.29, 0.717) is 11.6 Å². The van der Waals surface area contributed by atoms with Gasteiger partial charge in [-0.1, -0.05) is 41.4 Å². The number of nitrogens with zero attached hydrogens (tertiary/aromatic N) is 2. The van der Waals surface area contributed by atoms with E-state index >= 15 is 0 Å². The van der Waals surface area contributed by atoms with Gasteiger partial charge in [0.25, 0.3) is 0 Å². The fourth-order valence-electron chi connectivity index (χ4n) is 2.83. The van der Waals surface area contributed by atoms with E-state index in [4.69, 9.17) is 28.2 Å². The Morgan fingerprint density at radius 2 is 1.92 bits per heavy atom. The third-order valence-corrected chi connectivity index (χ3v) is 4.73. The van der Waals surface area contributed by atoms with Gasteiger partial charge in [0, 0.05) is 34.7 Å². The second-order valence-electron chi connectivity index (χ2n) is 5.92. The molecule has 3 rings (SSSR count). The van der Waals surface area contributed by atoms with E-state index in [-0.39, 0.29) is 0 Å². The molecule has 1 heterocycles. The lowest BCUT2D eigenvalue weighted by atomic mass is 10.1. The molecule has 0 fully saturated rings. The minimum atomic E-state index is 0.691. The van der Waals surface area contributed by atoms with Crippen LogP contribution in [-0.4, -0.2) is 24.7 Å². The topological polar surface area (TPSA) is 29.3 Å². The van der Waals surface area contributed by atoms with Crippen LogP contribution in [0, 0.1) is 0 Å². The van der Waals surface area contributed by atoms with Crippen LogP contribution in [0.1, 0.15) is 12.0 Å². The molecule has 0 saturated heterocycles. The van der Waals surface area contributed by atoms with Crippen molar-refractivity contribution in [2.75, 3.05) is 20.1 Å². The molecule has 0 aliphatic rings. The van der Waals surface area contributed by atoms with Gasteiger partial charge in [0.1, 0.15) is 0 Å². The zero-order chi connectivity index (χ0) is 17.6. The SMILES string of the molecule is CNCCCN=c1ccn(Cc2ccccc2Cl)c2cc(Cl)ccc12. The molecule has 3 nitrogen and oxygen atoms in total. The molecule has 25 heavy (non-hydrogen) atoms.